The molecule has 2 nitrogen and oxygen atoms in total. The number of benzene rings is 1. The van der Waals surface area contributed by atoms with Gasteiger partial charge in [-0.15, -0.1) is 0 Å². The number of hydrogen-bond donors (Lipinski definition) is 1. The average molecular weight is 154 g/mol. The first-order valence-corrected chi connectivity index (χ1v) is 2.13. The fourth-order valence-electron chi connectivity index (χ4n) is 0.428. The molecule has 0 aliphatic rings. The second kappa shape index (κ2) is 6.36. The van der Waals surface area contributed by atoms with Gasteiger partial charge in [0, 0.05) is 0 Å². The Balaban J connectivity index is 0. The first kappa shape index (κ1) is 12.0. The monoisotopic (exact) mass is 154 g/mol. The molecule has 0 aliphatic carbocycles. The van der Waals surface area contributed by atoms with Gasteiger partial charge in [-0.1, -0.05) is 18.2 Å². The molecule has 0 heterocycles. The van der Waals surface area contributed by atoms with Crippen molar-refractivity contribution in [2.75, 3.05) is 0 Å². The second-order valence-corrected chi connectivity index (χ2v) is 1.34. The third kappa shape index (κ3) is 4.73. The van der Waals surface area contributed by atoms with Gasteiger partial charge in [0.25, 0.3) is 0 Å². The second-order valence-electron chi connectivity index (χ2n) is 1.34. The van der Waals surface area contributed by atoms with E-state index < -0.39 is 0 Å². The van der Waals surface area contributed by atoms with E-state index in [1.807, 2.05) is 6.07 Å². The van der Waals surface area contributed by atoms with E-state index in [2.05, 4.69) is 0 Å². The van der Waals surface area contributed by atoms with Crippen LogP contribution in [0.1, 0.15) is 0 Å². The number of aromatic hydroxyl groups is 1. The van der Waals surface area contributed by atoms with Crippen LogP contribution in [-0.4, -0.2) is 48.3 Å². The number of hydrogen-bond acceptors (Lipinski definition) is 1. The molecular weight excluding hydrogens is 144 g/mol. The molecule has 0 atom stereocenters. The molecule has 0 unspecified atom stereocenters. The number of phenols is 1. The average Bonchev–Trinajstić information content (AvgIpc) is 1.69. The Morgan fingerprint density at radius 2 is 1.44 bits per heavy atom. The molecular formula is C6H10CaO2. The Bertz CT molecular complexity index is 141. The Morgan fingerprint density at radius 1 is 1.00 bits per heavy atom. The summed E-state index contributed by atoms with van der Waals surface area (Å²) in [4.78, 5) is 0. The Labute approximate surface area is 83.8 Å². The normalized spacial score (nSPS) is 6.67. The van der Waals surface area contributed by atoms with E-state index in [1.165, 1.54) is 0 Å². The number of phenolic OH excluding ortho intramolecular Hbond substituents is 1. The van der Waals surface area contributed by atoms with Crippen molar-refractivity contribution >= 4 is 37.7 Å². The fourth-order valence-corrected chi connectivity index (χ4v) is 0.428. The topological polar surface area (TPSA) is 51.7 Å². The molecule has 9 heavy (non-hydrogen) atoms. The van der Waals surface area contributed by atoms with E-state index in [0.717, 1.165) is 0 Å². The van der Waals surface area contributed by atoms with Crippen molar-refractivity contribution in [3.05, 3.63) is 30.3 Å². The zero-order valence-corrected chi connectivity index (χ0v) is 4.33. The summed E-state index contributed by atoms with van der Waals surface area (Å²) in [5.74, 6) is 0.322. The summed E-state index contributed by atoms with van der Waals surface area (Å²) in [5.41, 5.74) is 0. The molecule has 0 spiro atoms. The third-order valence-electron chi connectivity index (χ3n) is 0.756. The summed E-state index contributed by atoms with van der Waals surface area (Å²) in [6, 6.07) is 8.71. The van der Waals surface area contributed by atoms with Crippen LogP contribution >= 0.6 is 0 Å². The van der Waals surface area contributed by atoms with Gasteiger partial charge in [-0.05, 0) is 12.1 Å². The summed E-state index contributed by atoms with van der Waals surface area (Å²) in [6.45, 7) is 0. The van der Waals surface area contributed by atoms with Gasteiger partial charge in [-0.3, -0.25) is 0 Å². The van der Waals surface area contributed by atoms with Gasteiger partial charge in [0.2, 0.25) is 0 Å². The van der Waals surface area contributed by atoms with Crippen LogP contribution in [0.3, 0.4) is 0 Å². The SMILES string of the molecule is O.Oc1ccccc1.[CaH2]. The summed E-state index contributed by atoms with van der Waals surface area (Å²) >= 11 is 0. The van der Waals surface area contributed by atoms with Crippen molar-refractivity contribution in [3.8, 4) is 5.75 Å². The summed E-state index contributed by atoms with van der Waals surface area (Å²) in [7, 11) is 0. The Hall–Kier alpha value is 0.240. The van der Waals surface area contributed by atoms with E-state index in [1.54, 1.807) is 24.3 Å². The van der Waals surface area contributed by atoms with E-state index in [0.29, 0.717) is 5.75 Å². The summed E-state index contributed by atoms with van der Waals surface area (Å²) in [6.07, 6.45) is 0. The standard InChI is InChI=1S/C6H6O.Ca.H2O.2H/c7-6-4-2-1-3-5-6;;;;/h1-5,7H;;1H2;;. The van der Waals surface area contributed by atoms with Crippen LogP contribution in [0.5, 0.6) is 5.75 Å². The Morgan fingerprint density at radius 3 is 1.67 bits per heavy atom. The van der Waals surface area contributed by atoms with Gasteiger partial charge in [0.1, 0.15) is 5.75 Å². The van der Waals surface area contributed by atoms with Crippen molar-refractivity contribution < 1.29 is 10.6 Å². The molecule has 0 aromatic heterocycles. The van der Waals surface area contributed by atoms with E-state index >= 15 is 0 Å². The van der Waals surface area contributed by atoms with Gasteiger partial charge in [0.15, 0.2) is 0 Å². The zero-order chi connectivity index (χ0) is 5.11. The molecule has 0 radical (unpaired) electrons. The van der Waals surface area contributed by atoms with Crippen molar-refractivity contribution in [2.45, 2.75) is 0 Å². The van der Waals surface area contributed by atoms with Gasteiger partial charge in [-0.2, -0.15) is 0 Å². The number of para-hydroxylation sites is 1. The maximum absolute atomic E-state index is 8.63. The first-order chi connectivity index (χ1) is 3.39. The van der Waals surface area contributed by atoms with Gasteiger partial charge >= 0.3 is 37.7 Å². The van der Waals surface area contributed by atoms with Gasteiger partial charge < -0.3 is 10.6 Å². The van der Waals surface area contributed by atoms with Crippen molar-refractivity contribution in [2.24, 2.45) is 0 Å². The molecule has 1 aromatic carbocycles. The predicted molar refractivity (Wildman–Crippen MR) is 40.3 cm³/mol. The van der Waals surface area contributed by atoms with Gasteiger partial charge in [-0.25, -0.2) is 0 Å². The molecule has 0 aliphatic heterocycles. The van der Waals surface area contributed by atoms with Crippen molar-refractivity contribution in [1.82, 2.24) is 0 Å². The molecule has 0 saturated carbocycles. The van der Waals surface area contributed by atoms with Crippen LogP contribution in [0.4, 0.5) is 0 Å². The van der Waals surface area contributed by atoms with Crippen LogP contribution in [0, 0.1) is 0 Å². The van der Waals surface area contributed by atoms with Crippen LogP contribution in [0.15, 0.2) is 30.3 Å². The van der Waals surface area contributed by atoms with E-state index in [4.69, 9.17) is 5.11 Å². The van der Waals surface area contributed by atoms with E-state index in [9.17, 15) is 0 Å². The minimum absolute atomic E-state index is 0. The van der Waals surface area contributed by atoms with Crippen LogP contribution < -0.4 is 0 Å². The fraction of sp³-hybridized carbons (Fsp3) is 0. The van der Waals surface area contributed by atoms with Crippen LogP contribution in [0.25, 0.3) is 0 Å². The predicted octanol–water partition coefficient (Wildman–Crippen LogP) is -0.349. The molecule has 1 aromatic rings. The summed E-state index contributed by atoms with van der Waals surface area (Å²) < 4.78 is 0. The summed E-state index contributed by atoms with van der Waals surface area (Å²) in [5, 5.41) is 8.63. The van der Waals surface area contributed by atoms with Crippen molar-refractivity contribution in [3.63, 3.8) is 0 Å². The number of rotatable bonds is 0. The van der Waals surface area contributed by atoms with Crippen molar-refractivity contribution in [1.29, 1.82) is 0 Å². The molecule has 48 valence electrons. The molecule has 3 heteroatoms. The van der Waals surface area contributed by atoms with Gasteiger partial charge in [0.05, 0.1) is 0 Å². The molecule has 3 N–H and O–H groups in total. The molecule has 0 amide bonds. The quantitative estimate of drug-likeness (QED) is 0.510. The molecule has 1 rings (SSSR count). The molecule has 0 fully saturated rings. The Kier molecular flexibility index (Phi) is 8.46. The molecule has 0 bridgehead atoms. The zero-order valence-electron chi connectivity index (χ0n) is 4.33. The van der Waals surface area contributed by atoms with Crippen LogP contribution in [0.2, 0.25) is 0 Å². The maximum atomic E-state index is 8.63. The minimum atomic E-state index is 0. The first-order valence-electron chi connectivity index (χ1n) is 2.13. The van der Waals surface area contributed by atoms with E-state index in [-0.39, 0.29) is 43.2 Å². The molecule has 0 saturated heterocycles. The van der Waals surface area contributed by atoms with Crippen LogP contribution in [-0.2, 0) is 0 Å². The third-order valence-corrected chi connectivity index (χ3v) is 0.756.